The van der Waals surface area contributed by atoms with E-state index in [0.717, 1.165) is 0 Å². The zero-order chi connectivity index (χ0) is 35.9. The van der Waals surface area contributed by atoms with Crippen molar-refractivity contribution in [3.63, 3.8) is 0 Å². The van der Waals surface area contributed by atoms with Gasteiger partial charge in [-0.05, 0) is 37.6 Å². The van der Waals surface area contributed by atoms with Gasteiger partial charge in [-0.25, -0.2) is 14.1 Å². The molecule has 2 aromatic heterocycles. The van der Waals surface area contributed by atoms with E-state index in [2.05, 4.69) is 15.2 Å². The Bertz CT molecular complexity index is 1730. The van der Waals surface area contributed by atoms with Crippen LogP contribution in [0.2, 0.25) is 0 Å². The smallest absolute Gasteiger partial charge is 0.459 e. The van der Waals surface area contributed by atoms with Crippen LogP contribution in [-0.2, 0) is 42.4 Å². The van der Waals surface area contributed by atoms with E-state index in [0.29, 0.717) is 11.9 Å². The molecule has 3 aromatic rings. The van der Waals surface area contributed by atoms with Crippen molar-refractivity contribution in [1.82, 2.24) is 19.7 Å². The van der Waals surface area contributed by atoms with E-state index in [1.807, 2.05) is 13.0 Å². The Morgan fingerprint density at radius 3 is 2.37 bits per heavy atom. The number of hydrogen-bond acceptors (Lipinski definition) is 14. The summed E-state index contributed by atoms with van der Waals surface area (Å²) in [6.07, 6.45) is -2.53. The summed E-state index contributed by atoms with van der Waals surface area (Å²) in [4.78, 5) is 42.8. The Kier molecular flexibility index (Phi) is 12.0. The fourth-order valence-electron chi connectivity index (χ4n) is 4.77. The van der Waals surface area contributed by atoms with Crippen molar-refractivity contribution < 1.29 is 46.9 Å². The quantitative estimate of drug-likeness (QED) is 0.131. The van der Waals surface area contributed by atoms with Crippen molar-refractivity contribution in [2.45, 2.75) is 77.9 Å². The van der Waals surface area contributed by atoms with Gasteiger partial charge in [0, 0.05) is 0 Å². The highest BCUT2D eigenvalue weighted by Gasteiger charge is 2.62. The lowest BCUT2D eigenvalue weighted by molar-refractivity contribution is -0.173. The van der Waals surface area contributed by atoms with E-state index in [-0.39, 0.29) is 23.9 Å². The number of carbonyl (C=O) groups excluding carboxylic acids is 3. The molecule has 49 heavy (non-hydrogen) atoms. The standard InChI is InChI=1S/C32H41N6O10P/c1-7-15-43-31(41)21(6)37-49(42,48-22-11-9-8-10-12-22)44-17-32(16-33)27(46-30(40)20(4)5)26(45-29(39)19(2)3)25(47-32)23-13-14-24-28(34)35-18-36-38(23)24/h8-14,18-21,25-27H,7,15,17H2,1-6H3,(H,37,42)(H2,34,35,36)/t21-,25-,26-,27-,32+,49-/m0/s1. The summed E-state index contributed by atoms with van der Waals surface area (Å²) in [5, 5.41) is 17.6. The second kappa shape index (κ2) is 15.8. The van der Waals surface area contributed by atoms with Crippen LogP contribution in [0.4, 0.5) is 5.82 Å². The van der Waals surface area contributed by atoms with Gasteiger partial charge in [-0.3, -0.25) is 18.9 Å². The number of anilines is 1. The average Bonchev–Trinajstić information content (AvgIpc) is 3.63. The van der Waals surface area contributed by atoms with Crippen molar-refractivity contribution in [1.29, 1.82) is 5.26 Å². The van der Waals surface area contributed by atoms with Crippen molar-refractivity contribution in [2.75, 3.05) is 18.9 Å². The number of carbonyl (C=O) groups is 3. The van der Waals surface area contributed by atoms with E-state index >= 15 is 0 Å². The molecule has 1 fully saturated rings. The molecule has 1 saturated heterocycles. The van der Waals surface area contributed by atoms with Gasteiger partial charge in [-0.2, -0.15) is 15.4 Å². The molecule has 1 aromatic carbocycles. The van der Waals surface area contributed by atoms with Gasteiger partial charge in [-0.15, -0.1) is 0 Å². The number of nitriles is 1. The lowest BCUT2D eigenvalue weighted by Crippen LogP contribution is -2.50. The second-order valence-corrected chi connectivity index (χ2v) is 13.7. The molecule has 16 nitrogen and oxygen atoms in total. The van der Waals surface area contributed by atoms with E-state index in [9.17, 15) is 24.2 Å². The van der Waals surface area contributed by atoms with E-state index < -0.39 is 74.1 Å². The lowest BCUT2D eigenvalue weighted by Gasteiger charge is -2.31. The summed E-state index contributed by atoms with van der Waals surface area (Å²) in [6, 6.07) is 12.0. The largest absolute Gasteiger partial charge is 0.465 e. The van der Waals surface area contributed by atoms with Gasteiger partial charge in [0.1, 0.15) is 42.4 Å². The Balaban J connectivity index is 1.79. The van der Waals surface area contributed by atoms with Crippen LogP contribution in [0.5, 0.6) is 5.75 Å². The third kappa shape index (κ3) is 8.55. The molecule has 0 saturated carbocycles. The monoisotopic (exact) mass is 700 g/mol. The average molecular weight is 701 g/mol. The number of nitrogen functional groups attached to an aromatic ring is 1. The van der Waals surface area contributed by atoms with Crippen LogP contribution in [0.1, 0.15) is 59.8 Å². The maximum absolute atomic E-state index is 14.3. The molecular formula is C32H41N6O10P. The van der Waals surface area contributed by atoms with Crippen molar-refractivity contribution >= 4 is 37.0 Å². The Hall–Kier alpha value is -4.55. The van der Waals surface area contributed by atoms with Crippen LogP contribution < -0.4 is 15.3 Å². The number of rotatable bonds is 15. The minimum atomic E-state index is -4.53. The molecule has 264 valence electrons. The molecule has 3 N–H and O–H groups in total. The number of nitrogens with one attached hydrogen (secondary N) is 1. The fourth-order valence-corrected chi connectivity index (χ4v) is 6.29. The van der Waals surface area contributed by atoms with Crippen LogP contribution in [0.25, 0.3) is 5.52 Å². The second-order valence-electron chi connectivity index (χ2n) is 12.0. The van der Waals surface area contributed by atoms with Gasteiger partial charge in [0.2, 0.25) is 5.60 Å². The summed E-state index contributed by atoms with van der Waals surface area (Å²) in [6.45, 7) is 8.90. The summed E-state index contributed by atoms with van der Waals surface area (Å²) in [5.74, 6) is -3.15. The third-order valence-electron chi connectivity index (χ3n) is 7.40. The highest BCUT2D eigenvalue weighted by atomic mass is 31.2. The number of para-hydroxylation sites is 1. The van der Waals surface area contributed by atoms with Gasteiger partial charge in [0.05, 0.1) is 24.1 Å². The first-order valence-electron chi connectivity index (χ1n) is 15.8. The maximum Gasteiger partial charge on any atom is 0.459 e. The first-order chi connectivity index (χ1) is 23.2. The number of nitrogens with zero attached hydrogens (tertiary/aromatic N) is 4. The number of benzene rings is 1. The maximum atomic E-state index is 14.3. The lowest BCUT2D eigenvalue weighted by atomic mass is 9.95. The minimum absolute atomic E-state index is 0.118. The zero-order valence-corrected chi connectivity index (χ0v) is 29.0. The summed E-state index contributed by atoms with van der Waals surface area (Å²) in [5.41, 5.74) is 4.48. The van der Waals surface area contributed by atoms with Crippen molar-refractivity contribution in [3.8, 4) is 11.8 Å². The van der Waals surface area contributed by atoms with Crippen LogP contribution in [-0.4, -0.2) is 69.6 Å². The Labute approximate surface area is 283 Å². The van der Waals surface area contributed by atoms with Crippen LogP contribution >= 0.6 is 7.75 Å². The molecule has 6 atom stereocenters. The topological polar surface area (TPSA) is 216 Å². The summed E-state index contributed by atoms with van der Waals surface area (Å²) >= 11 is 0. The van der Waals surface area contributed by atoms with Crippen molar-refractivity contribution in [2.24, 2.45) is 11.8 Å². The molecule has 0 bridgehead atoms. The summed E-state index contributed by atoms with van der Waals surface area (Å²) < 4.78 is 50.6. The third-order valence-corrected chi connectivity index (χ3v) is 9.02. The Morgan fingerprint density at radius 1 is 1.06 bits per heavy atom. The van der Waals surface area contributed by atoms with Gasteiger partial charge in [0.15, 0.2) is 18.0 Å². The predicted octanol–water partition coefficient (Wildman–Crippen LogP) is 3.92. The van der Waals surface area contributed by atoms with Gasteiger partial charge >= 0.3 is 25.7 Å². The van der Waals surface area contributed by atoms with Crippen molar-refractivity contribution in [3.05, 3.63) is 54.5 Å². The number of ether oxygens (including phenoxy) is 4. The zero-order valence-electron chi connectivity index (χ0n) is 28.1. The number of esters is 3. The Morgan fingerprint density at radius 2 is 1.73 bits per heavy atom. The molecule has 0 radical (unpaired) electrons. The van der Waals surface area contributed by atoms with Gasteiger partial charge < -0.3 is 29.2 Å². The molecule has 17 heteroatoms. The molecule has 0 unspecified atom stereocenters. The molecule has 0 amide bonds. The number of hydrogen-bond donors (Lipinski definition) is 2. The van der Waals surface area contributed by atoms with Gasteiger partial charge in [-0.1, -0.05) is 52.8 Å². The fraction of sp³-hybridized carbons (Fsp3) is 0.500. The van der Waals surface area contributed by atoms with E-state index in [1.165, 1.54) is 29.9 Å². The van der Waals surface area contributed by atoms with Crippen LogP contribution in [0.3, 0.4) is 0 Å². The first kappa shape index (κ1) is 37.3. The SMILES string of the molecule is CCCOC(=O)[C@H](C)N[P@](=O)(OC[C@@]1(C#N)O[C@@H](c2ccc3c(N)ncnn23)[C@H](OC(=O)C(C)C)[C@@H]1OC(=O)C(C)C)Oc1ccccc1. The number of nitrogens with two attached hydrogens (primary N) is 1. The molecule has 3 heterocycles. The molecule has 4 rings (SSSR count). The molecule has 0 aliphatic carbocycles. The predicted molar refractivity (Wildman–Crippen MR) is 173 cm³/mol. The summed E-state index contributed by atoms with van der Waals surface area (Å²) in [7, 11) is -4.53. The highest BCUT2D eigenvalue weighted by Crippen LogP contribution is 2.50. The highest BCUT2D eigenvalue weighted by molar-refractivity contribution is 7.52. The number of fused-ring (bicyclic) bond motifs is 1. The first-order valence-corrected chi connectivity index (χ1v) is 17.3. The van der Waals surface area contributed by atoms with Crippen LogP contribution in [0.15, 0.2) is 48.8 Å². The normalized spacial score (nSPS) is 22.3. The van der Waals surface area contributed by atoms with Gasteiger partial charge in [0.25, 0.3) is 0 Å². The molecule has 1 aliphatic heterocycles. The number of aromatic nitrogens is 3. The molecule has 0 spiro atoms. The van der Waals surface area contributed by atoms with Crippen LogP contribution in [0, 0.1) is 23.2 Å². The molecule has 1 aliphatic rings. The van der Waals surface area contributed by atoms with E-state index in [4.69, 9.17) is 33.7 Å². The minimum Gasteiger partial charge on any atom is -0.465 e. The van der Waals surface area contributed by atoms with E-state index in [1.54, 1.807) is 58.0 Å². The molecular weight excluding hydrogens is 659 g/mol.